The molecule has 1 aromatic rings. The molecule has 22 heavy (non-hydrogen) atoms. The molecular weight excluding hydrogens is 327 g/mol. The molecule has 1 aliphatic heterocycles. The molecule has 0 aliphatic carbocycles. The molecule has 5 nitrogen and oxygen atoms in total. The normalized spacial score (nSPS) is 18.1. The number of carbonyl (C=O) groups excluding carboxylic acids is 1. The van der Waals surface area contributed by atoms with Gasteiger partial charge in [0.1, 0.15) is 0 Å². The van der Waals surface area contributed by atoms with Crippen molar-refractivity contribution in [1.82, 2.24) is 5.32 Å². The molecule has 0 bridgehead atoms. The molecule has 0 saturated carbocycles. The summed E-state index contributed by atoms with van der Waals surface area (Å²) in [6.07, 6.45) is 0.797. The maximum Gasteiger partial charge on any atom is 0.237 e. The number of aliphatic hydroxyl groups excluding tert-OH is 1. The summed E-state index contributed by atoms with van der Waals surface area (Å²) in [4.78, 5) is 12.0. The smallest absolute Gasteiger partial charge is 0.237 e. The predicted molar refractivity (Wildman–Crippen MR) is 88.2 cm³/mol. The lowest BCUT2D eigenvalue weighted by Gasteiger charge is -2.27. The van der Waals surface area contributed by atoms with E-state index in [9.17, 15) is 9.90 Å². The Morgan fingerprint density at radius 1 is 1.45 bits per heavy atom. The molecule has 1 fully saturated rings. The van der Waals surface area contributed by atoms with Gasteiger partial charge in [0, 0.05) is 24.8 Å². The van der Waals surface area contributed by atoms with Crippen LogP contribution in [0.15, 0.2) is 24.3 Å². The van der Waals surface area contributed by atoms with Crippen LogP contribution in [0, 0.1) is 5.92 Å². The summed E-state index contributed by atoms with van der Waals surface area (Å²) >= 11 is 5.87. The number of amides is 1. The van der Waals surface area contributed by atoms with Crippen LogP contribution in [-0.2, 0) is 9.53 Å². The number of carbonyl (C=O) groups is 1. The van der Waals surface area contributed by atoms with Crippen molar-refractivity contribution in [3.63, 3.8) is 0 Å². The first kappa shape index (κ1) is 19.2. The maximum atomic E-state index is 12.0. The van der Waals surface area contributed by atoms with Gasteiger partial charge in [-0.15, -0.1) is 12.4 Å². The second-order valence-electron chi connectivity index (χ2n) is 5.29. The zero-order valence-corrected chi connectivity index (χ0v) is 13.8. The molecule has 124 valence electrons. The Morgan fingerprint density at radius 3 is 2.77 bits per heavy atom. The Morgan fingerprint density at radius 2 is 2.14 bits per heavy atom. The predicted octanol–water partition coefficient (Wildman–Crippen LogP) is 1.67. The van der Waals surface area contributed by atoms with Crippen LogP contribution in [0.3, 0.4) is 0 Å². The van der Waals surface area contributed by atoms with E-state index in [-0.39, 0.29) is 30.8 Å². The SMILES string of the molecule is Cl.NC(C(=O)NCC(O)c1cccc(Cl)c1)C1CCOCC1. The van der Waals surface area contributed by atoms with Crippen LogP contribution in [0.25, 0.3) is 0 Å². The summed E-state index contributed by atoms with van der Waals surface area (Å²) < 4.78 is 5.26. The molecule has 0 radical (unpaired) electrons. The third-order valence-electron chi connectivity index (χ3n) is 3.78. The number of hydrogen-bond donors (Lipinski definition) is 3. The third-order valence-corrected chi connectivity index (χ3v) is 4.01. The fraction of sp³-hybridized carbons (Fsp3) is 0.533. The highest BCUT2D eigenvalue weighted by Crippen LogP contribution is 2.19. The zero-order valence-electron chi connectivity index (χ0n) is 12.2. The van der Waals surface area contributed by atoms with Gasteiger partial charge in [-0.2, -0.15) is 0 Å². The van der Waals surface area contributed by atoms with E-state index in [2.05, 4.69) is 5.32 Å². The second-order valence-corrected chi connectivity index (χ2v) is 5.73. The third kappa shape index (κ3) is 5.41. The van der Waals surface area contributed by atoms with Crippen LogP contribution in [-0.4, -0.2) is 36.8 Å². The molecule has 4 N–H and O–H groups in total. The van der Waals surface area contributed by atoms with Crippen molar-refractivity contribution < 1.29 is 14.6 Å². The molecule has 7 heteroatoms. The van der Waals surface area contributed by atoms with Crippen LogP contribution in [0.1, 0.15) is 24.5 Å². The van der Waals surface area contributed by atoms with Crippen molar-refractivity contribution in [2.24, 2.45) is 11.7 Å². The highest BCUT2D eigenvalue weighted by Gasteiger charge is 2.26. The number of ether oxygens (including phenoxy) is 1. The lowest BCUT2D eigenvalue weighted by Crippen LogP contribution is -2.47. The number of nitrogens with one attached hydrogen (secondary N) is 1. The van der Waals surface area contributed by atoms with E-state index in [4.69, 9.17) is 22.1 Å². The topological polar surface area (TPSA) is 84.6 Å². The van der Waals surface area contributed by atoms with E-state index < -0.39 is 12.1 Å². The Labute approximate surface area is 141 Å². The molecule has 1 amide bonds. The van der Waals surface area contributed by atoms with E-state index in [1.165, 1.54) is 0 Å². The highest BCUT2D eigenvalue weighted by atomic mass is 35.5. The minimum Gasteiger partial charge on any atom is -0.387 e. The molecule has 2 atom stereocenters. The lowest BCUT2D eigenvalue weighted by atomic mass is 9.92. The van der Waals surface area contributed by atoms with Crippen molar-refractivity contribution in [1.29, 1.82) is 0 Å². The number of halogens is 2. The van der Waals surface area contributed by atoms with Gasteiger partial charge in [-0.3, -0.25) is 4.79 Å². The number of aliphatic hydroxyl groups is 1. The first-order chi connectivity index (χ1) is 10.1. The number of rotatable bonds is 5. The summed E-state index contributed by atoms with van der Waals surface area (Å²) in [6, 6.07) is 6.38. The van der Waals surface area contributed by atoms with E-state index in [1.807, 2.05) is 0 Å². The van der Waals surface area contributed by atoms with Crippen molar-refractivity contribution >= 4 is 29.9 Å². The van der Waals surface area contributed by atoms with Crippen molar-refractivity contribution in [3.05, 3.63) is 34.9 Å². The van der Waals surface area contributed by atoms with Crippen molar-refractivity contribution in [2.75, 3.05) is 19.8 Å². The molecule has 1 aromatic carbocycles. The standard InChI is InChI=1S/C15H21ClN2O3.ClH/c16-12-3-1-2-11(8-12)13(19)9-18-15(20)14(17)10-4-6-21-7-5-10;/h1-3,8,10,13-14,19H,4-7,9,17H2,(H,18,20);1H. The van der Waals surface area contributed by atoms with E-state index in [0.717, 1.165) is 12.8 Å². The Bertz CT molecular complexity index is 482. The van der Waals surface area contributed by atoms with Gasteiger partial charge in [0.15, 0.2) is 0 Å². The van der Waals surface area contributed by atoms with Crippen molar-refractivity contribution in [3.8, 4) is 0 Å². The van der Waals surface area contributed by atoms with Gasteiger partial charge >= 0.3 is 0 Å². The first-order valence-corrected chi connectivity index (χ1v) is 7.50. The van der Waals surface area contributed by atoms with Gasteiger partial charge in [-0.25, -0.2) is 0 Å². The van der Waals surface area contributed by atoms with Gasteiger partial charge in [-0.1, -0.05) is 23.7 Å². The van der Waals surface area contributed by atoms with Crippen LogP contribution >= 0.6 is 24.0 Å². The molecule has 1 saturated heterocycles. The monoisotopic (exact) mass is 348 g/mol. The summed E-state index contributed by atoms with van der Waals surface area (Å²) in [6.45, 7) is 1.42. The van der Waals surface area contributed by atoms with Gasteiger partial charge in [0.25, 0.3) is 0 Å². The molecular formula is C15H22Cl2N2O3. The van der Waals surface area contributed by atoms with Gasteiger partial charge in [0.05, 0.1) is 12.1 Å². The minimum atomic E-state index is -0.797. The Kier molecular flexibility index (Phi) is 8.14. The summed E-state index contributed by atoms with van der Waals surface area (Å²) in [5.41, 5.74) is 6.64. The Hall–Kier alpha value is -0.850. The van der Waals surface area contributed by atoms with Crippen LogP contribution < -0.4 is 11.1 Å². The average Bonchev–Trinajstić information content (AvgIpc) is 2.52. The first-order valence-electron chi connectivity index (χ1n) is 7.12. The van der Waals surface area contributed by atoms with Gasteiger partial charge in [0.2, 0.25) is 5.91 Å². The maximum absolute atomic E-state index is 12.0. The van der Waals surface area contributed by atoms with E-state index in [1.54, 1.807) is 24.3 Å². The summed E-state index contributed by atoms with van der Waals surface area (Å²) in [7, 11) is 0. The Balaban J connectivity index is 0.00000242. The summed E-state index contributed by atoms with van der Waals surface area (Å²) in [5, 5.41) is 13.3. The average molecular weight is 349 g/mol. The number of benzene rings is 1. The fourth-order valence-electron chi connectivity index (χ4n) is 2.44. The molecule has 0 spiro atoms. The van der Waals surface area contributed by atoms with Crippen LogP contribution in [0.2, 0.25) is 5.02 Å². The fourth-order valence-corrected chi connectivity index (χ4v) is 2.63. The minimum absolute atomic E-state index is 0. The molecule has 1 aliphatic rings. The second kappa shape index (κ2) is 9.33. The number of nitrogens with two attached hydrogens (primary N) is 1. The molecule has 0 aromatic heterocycles. The van der Waals surface area contributed by atoms with E-state index in [0.29, 0.717) is 23.8 Å². The van der Waals surface area contributed by atoms with E-state index >= 15 is 0 Å². The van der Waals surface area contributed by atoms with Gasteiger partial charge < -0.3 is 20.9 Å². The van der Waals surface area contributed by atoms with Crippen LogP contribution in [0.5, 0.6) is 0 Å². The lowest BCUT2D eigenvalue weighted by molar-refractivity contribution is -0.124. The number of hydrogen-bond acceptors (Lipinski definition) is 4. The molecule has 2 unspecified atom stereocenters. The molecule has 2 rings (SSSR count). The molecule has 1 heterocycles. The highest BCUT2D eigenvalue weighted by molar-refractivity contribution is 6.30. The largest absolute Gasteiger partial charge is 0.387 e. The zero-order chi connectivity index (χ0) is 15.2. The van der Waals surface area contributed by atoms with Gasteiger partial charge in [-0.05, 0) is 36.5 Å². The quantitative estimate of drug-likeness (QED) is 0.755. The van der Waals surface area contributed by atoms with Crippen LogP contribution in [0.4, 0.5) is 0 Å². The summed E-state index contributed by atoms with van der Waals surface area (Å²) in [5.74, 6) is -0.0926. The van der Waals surface area contributed by atoms with Crippen molar-refractivity contribution in [2.45, 2.75) is 25.0 Å².